The van der Waals surface area contributed by atoms with Crippen molar-refractivity contribution in [3.8, 4) is 0 Å². The number of amides is 3. The highest BCUT2D eigenvalue weighted by molar-refractivity contribution is 9.12. The van der Waals surface area contributed by atoms with Crippen LogP contribution in [0.5, 0.6) is 0 Å². The van der Waals surface area contributed by atoms with Gasteiger partial charge in [-0.05, 0) is 114 Å². The number of nitro benzene ring substituents is 3. The summed E-state index contributed by atoms with van der Waals surface area (Å²) in [6, 6.07) is 10.6. The molecule has 0 unspecified atom stereocenters. The topological polar surface area (TPSA) is 217 Å². The van der Waals surface area contributed by atoms with Gasteiger partial charge in [0.2, 0.25) is 0 Å². The van der Waals surface area contributed by atoms with Gasteiger partial charge in [-0.3, -0.25) is 44.7 Å². The smallest absolute Gasteiger partial charge is 0.271 e. The van der Waals surface area contributed by atoms with E-state index in [2.05, 4.69) is 112 Å². The van der Waals surface area contributed by atoms with Crippen molar-refractivity contribution in [2.45, 2.75) is 0 Å². The molecule has 0 fully saturated rings. The minimum Gasteiger partial charge on any atom is -0.320 e. The molecule has 0 saturated carbocycles. The molecule has 3 amide bonds. The number of hydrogen-bond acceptors (Lipinski definition) is 9. The van der Waals surface area contributed by atoms with E-state index in [4.69, 9.17) is 0 Å². The molecule has 4 aromatic carbocycles. The molecule has 4 aromatic rings. The van der Waals surface area contributed by atoms with Crippen molar-refractivity contribution in [1.29, 1.82) is 0 Å². The Morgan fingerprint density at radius 1 is 0.417 bits per heavy atom. The molecule has 0 aliphatic heterocycles. The molecule has 0 aromatic heterocycles. The van der Waals surface area contributed by atoms with Crippen molar-refractivity contribution in [3.05, 3.63) is 128 Å². The summed E-state index contributed by atoms with van der Waals surface area (Å²) in [4.78, 5) is 72.4. The maximum Gasteiger partial charge on any atom is 0.271 e. The zero-order valence-electron chi connectivity index (χ0n) is 23.0. The van der Waals surface area contributed by atoms with Crippen molar-refractivity contribution in [1.82, 2.24) is 0 Å². The Labute approximate surface area is 318 Å². The molecule has 246 valence electrons. The summed E-state index contributed by atoms with van der Waals surface area (Å²) in [5.41, 5.74) is -1.02. The lowest BCUT2D eigenvalue weighted by Crippen LogP contribution is -2.20. The first-order valence-corrected chi connectivity index (χ1v) is 17.2. The summed E-state index contributed by atoms with van der Waals surface area (Å²) in [6.07, 6.45) is 0. The zero-order chi connectivity index (χ0) is 35.6. The Bertz CT molecular complexity index is 1780. The second-order valence-electron chi connectivity index (χ2n) is 9.29. The molecule has 0 saturated heterocycles. The molecule has 0 bridgehead atoms. The number of non-ortho nitro benzene ring substituents is 3. The van der Waals surface area contributed by atoms with Gasteiger partial charge in [0.25, 0.3) is 34.8 Å². The highest BCUT2D eigenvalue weighted by atomic mass is 79.9. The first-order valence-electron chi connectivity index (χ1n) is 12.5. The fourth-order valence-corrected chi connectivity index (χ4v) is 8.01. The van der Waals surface area contributed by atoms with E-state index < -0.39 is 32.5 Å². The lowest BCUT2D eigenvalue weighted by molar-refractivity contribution is -0.385. The lowest BCUT2D eigenvalue weighted by atomic mass is 10.0. The fourth-order valence-electron chi connectivity index (χ4n) is 3.93. The molecular weight excluding hydrogens is 1030 g/mol. The summed E-state index contributed by atoms with van der Waals surface area (Å²) >= 11 is 19.2. The summed E-state index contributed by atoms with van der Waals surface area (Å²) < 4.78 is 0.942. The molecule has 21 heteroatoms. The van der Waals surface area contributed by atoms with E-state index in [0.29, 0.717) is 0 Å². The standard InChI is InChI=1S/C27H12Br6N6O9/c28-16-4-13(37(43)44)5-17(29)22(16)34-25(40)10-1-11(26(41)35-23-18(30)6-14(38(45)46)7-19(23)31)3-12(2-10)27(42)36-24-20(32)8-15(39(47)48)9-21(24)33/h1-9H,(H,34,40)(H,35,41)(H,36,42). The van der Waals surface area contributed by atoms with E-state index >= 15 is 0 Å². The van der Waals surface area contributed by atoms with Crippen LogP contribution in [-0.2, 0) is 0 Å². The van der Waals surface area contributed by atoms with Gasteiger partial charge in [0, 0.05) is 79.9 Å². The third-order valence-corrected chi connectivity index (χ3v) is 9.90. The Balaban J connectivity index is 1.77. The van der Waals surface area contributed by atoms with Gasteiger partial charge in [-0.25, -0.2) is 0 Å². The molecule has 0 heterocycles. The number of nitrogens with one attached hydrogen (secondary N) is 3. The Kier molecular flexibility index (Phi) is 11.8. The number of halogens is 6. The van der Waals surface area contributed by atoms with Crippen LogP contribution in [0.25, 0.3) is 0 Å². The van der Waals surface area contributed by atoms with Crippen LogP contribution in [0.4, 0.5) is 34.1 Å². The van der Waals surface area contributed by atoms with Gasteiger partial charge in [0.1, 0.15) is 0 Å². The number of nitro groups is 3. The Morgan fingerprint density at radius 3 is 0.771 bits per heavy atom. The number of hydrogen-bond donors (Lipinski definition) is 3. The van der Waals surface area contributed by atoms with Crippen molar-refractivity contribution in [2.75, 3.05) is 16.0 Å². The van der Waals surface area contributed by atoms with Crippen molar-refractivity contribution in [3.63, 3.8) is 0 Å². The number of nitrogens with zero attached hydrogens (tertiary/aromatic N) is 3. The number of carbonyl (C=O) groups excluding carboxylic acids is 3. The van der Waals surface area contributed by atoms with Gasteiger partial charge in [-0.15, -0.1) is 0 Å². The van der Waals surface area contributed by atoms with Gasteiger partial charge >= 0.3 is 0 Å². The van der Waals surface area contributed by atoms with Crippen LogP contribution < -0.4 is 16.0 Å². The highest BCUT2D eigenvalue weighted by Crippen LogP contribution is 2.38. The second kappa shape index (κ2) is 15.3. The molecule has 3 N–H and O–H groups in total. The predicted octanol–water partition coefficient (Wildman–Crippen LogP) is 9.74. The molecule has 48 heavy (non-hydrogen) atoms. The molecule has 4 rings (SSSR count). The molecule has 0 radical (unpaired) electrons. The van der Waals surface area contributed by atoms with Crippen LogP contribution in [0.15, 0.2) is 81.4 Å². The van der Waals surface area contributed by atoms with E-state index in [1.165, 1.54) is 54.6 Å². The molecular formula is C27H12Br6N6O9. The first-order chi connectivity index (χ1) is 22.5. The van der Waals surface area contributed by atoms with Crippen LogP contribution in [0, 0.1) is 30.3 Å². The average Bonchev–Trinajstić information content (AvgIpc) is 3.01. The van der Waals surface area contributed by atoms with Crippen LogP contribution >= 0.6 is 95.6 Å². The van der Waals surface area contributed by atoms with Gasteiger partial charge in [-0.2, -0.15) is 0 Å². The van der Waals surface area contributed by atoms with E-state index in [9.17, 15) is 44.7 Å². The van der Waals surface area contributed by atoms with E-state index in [1.54, 1.807) is 0 Å². The largest absolute Gasteiger partial charge is 0.320 e. The third-order valence-electron chi connectivity index (χ3n) is 6.15. The number of rotatable bonds is 9. The average molecular weight is 1040 g/mol. The SMILES string of the molecule is O=C(Nc1c(Br)cc([N+](=O)[O-])cc1Br)c1cc(C(=O)Nc2c(Br)cc([N+](=O)[O-])cc2Br)cc(C(=O)Nc2c(Br)cc([N+](=O)[O-])cc2Br)c1. The Morgan fingerprint density at radius 2 is 0.604 bits per heavy atom. The van der Waals surface area contributed by atoms with Gasteiger partial charge in [-0.1, -0.05) is 0 Å². The number of carbonyl (C=O) groups is 3. The van der Waals surface area contributed by atoms with Crippen molar-refractivity contribution in [2.24, 2.45) is 0 Å². The van der Waals surface area contributed by atoms with Gasteiger partial charge in [0.05, 0.1) is 31.8 Å². The second-order valence-corrected chi connectivity index (χ2v) is 14.4. The summed E-state index contributed by atoms with van der Waals surface area (Å²) in [7, 11) is 0. The minimum atomic E-state index is -0.815. The summed E-state index contributed by atoms with van der Waals surface area (Å²) in [5.74, 6) is -2.45. The predicted molar refractivity (Wildman–Crippen MR) is 196 cm³/mol. The quantitative estimate of drug-likeness (QED) is 0.107. The first kappa shape index (κ1) is 37.2. The van der Waals surface area contributed by atoms with E-state index in [0.717, 1.165) is 0 Å². The molecule has 0 spiro atoms. The molecule has 0 aliphatic rings. The van der Waals surface area contributed by atoms with Crippen LogP contribution in [0.1, 0.15) is 31.1 Å². The maximum absolute atomic E-state index is 13.5. The van der Waals surface area contributed by atoms with E-state index in [1.807, 2.05) is 0 Å². The monoisotopic (exact) mass is 1040 g/mol. The molecule has 0 atom stereocenters. The molecule has 15 nitrogen and oxygen atoms in total. The third kappa shape index (κ3) is 8.50. The summed E-state index contributed by atoms with van der Waals surface area (Å²) in [6.45, 7) is 0. The zero-order valence-corrected chi connectivity index (χ0v) is 32.5. The normalized spacial score (nSPS) is 10.6. The maximum atomic E-state index is 13.5. The highest BCUT2D eigenvalue weighted by Gasteiger charge is 2.23. The number of benzene rings is 4. The summed E-state index contributed by atoms with van der Waals surface area (Å²) in [5, 5.41) is 41.5. The Hall–Kier alpha value is -3.63. The van der Waals surface area contributed by atoms with Gasteiger partial charge in [0.15, 0.2) is 0 Å². The van der Waals surface area contributed by atoms with E-state index in [-0.39, 0.29) is 77.7 Å². The fraction of sp³-hybridized carbons (Fsp3) is 0. The van der Waals surface area contributed by atoms with Crippen molar-refractivity contribution >= 4 is 147 Å². The minimum absolute atomic E-state index is 0.115. The van der Waals surface area contributed by atoms with Crippen LogP contribution in [0.2, 0.25) is 0 Å². The van der Waals surface area contributed by atoms with Crippen LogP contribution in [-0.4, -0.2) is 32.5 Å². The van der Waals surface area contributed by atoms with Crippen LogP contribution in [0.3, 0.4) is 0 Å². The van der Waals surface area contributed by atoms with Crippen molar-refractivity contribution < 1.29 is 29.2 Å². The lowest BCUT2D eigenvalue weighted by Gasteiger charge is -2.14. The number of anilines is 3. The van der Waals surface area contributed by atoms with Gasteiger partial charge < -0.3 is 16.0 Å². The molecule has 0 aliphatic carbocycles.